The zero-order valence-corrected chi connectivity index (χ0v) is 12.2. The van der Waals surface area contributed by atoms with Crippen LogP contribution in [0.1, 0.15) is 63.4 Å². The minimum absolute atomic E-state index is 0.0245. The molecule has 1 unspecified atom stereocenters. The van der Waals surface area contributed by atoms with Gasteiger partial charge in [0.15, 0.2) is 0 Å². The van der Waals surface area contributed by atoms with Crippen LogP contribution in [0.4, 0.5) is 0 Å². The fourth-order valence-electron chi connectivity index (χ4n) is 1.93. The van der Waals surface area contributed by atoms with Crippen molar-refractivity contribution < 1.29 is 4.79 Å². The Morgan fingerprint density at radius 1 is 1.22 bits per heavy atom. The second-order valence-corrected chi connectivity index (χ2v) is 5.99. The van der Waals surface area contributed by atoms with Crippen LogP contribution in [0.15, 0.2) is 24.3 Å². The third-order valence-corrected chi connectivity index (χ3v) is 3.11. The number of carbonyl (C=O) groups is 1. The van der Waals surface area contributed by atoms with Crippen molar-refractivity contribution in [2.24, 2.45) is 0 Å². The maximum Gasteiger partial charge on any atom is 0.251 e. The van der Waals surface area contributed by atoms with E-state index in [-0.39, 0.29) is 17.4 Å². The van der Waals surface area contributed by atoms with Crippen molar-refractivity contribution in [1.82, 2.24) is 5.32 Å². The van der Waals surface area contributed by atoms with Gasteiger partial charge in [-0.15, -0.1) is 0 Å². The summed E-state index contributed by atoms with van der Waals surface area (Å²) in [5, 5.41) is 3.02. The molecule has 0 radical (unpaired) electrons. The van der Waals surface area contributed by atoms with Gasteiger partial charge in [0.25, 0.3) is 5.91 Å². The van der Waals surface area contributed by atoms with E-state index in [1.54, 1.807) is 0 Å². The SMILES string of the molecule is CCCC(C)NC(=O)c1ccc(C(C)(C)C)cc1. The summed E-state index contributed by atoms with van der Waals surface area (Å²) in [5.74, 6) is 0.0245. The lowest BCUT2D eigenvalue weighted by Gasteiger charge is -2.19. The highest BCUT2D eigenvalue weighted by atomic mass is 16.1. The lowest BCUT2D eigenvalue weighted by Crippen LogP contribution is -2.32. The molecule has 1 N–H and O–H groups in total. The second-order valence-electron chi connectivity index (χ2n) is 5.99. The molecule has 0 fully saturated rings. The first kappa shape index (κ1) is 14.7. The van der Waals surface area contributed by atoms with E-state index in [1.165, 1.54) is 5.56 Å². The summed E-state index contributed by atoms with van der Waals surface area (Å²) in [6, 6.07) is 8.15. The average Bonchev–Trinajstić information content (AvgIpc) is 2.28. The van der Waals surface area contributed by atoms with E-state index >= 15 is 0 Å². The zero-order chi connectivity index (χ0) is 13.8. The molecular weight excluding hydrogens is 222 g/mol. The normalized spacial score (nSPS) is 13.2. The highest BCUT2D eigenvalue weighted by Crippen LogP contribution is 2.22. The van der Waals surface area contributed by atoms with Gasteiger partial charge in [-0.25, -0.2) is 0 Å². The van der Waals surface area contributed by atoms with Gasteiger partial charge in [0.1, 0.15) is 0 Å². The predicted octanol–water partition coefficient (Wildman–Crippen LogP) is 3.90. The third kappa shape index (κ3) is 4.17. The molecule has 0 aliphatic rings. The van der Waals surface area contributed by atoms with Crippen molar-refractivity contribution in [3.05, 3.63) is 35.4 Å². The zero-order valence-electron chi connectivity index (χ0n) is 12.2. The maximum absolute atomic E-state index is 12.0. The topological polar surface area (TPSA) is 29.1 Å². The first-order valence-corrected chi connectivity index (χ1v) is 6.76. The highest BCUT2D eigenvalue weighted by Gasteiger charge is 2.14. The molecule has 1 amide bonds. The Hall–Kier alpha value is -1.31. The quantitative estimate of drug-likeness (QED) is 0.859. The number of benzene rings is 1. The Labute approximate surface area is 111 Å². The van der Waals surface area contributed by atoms with Crippen molar-refractivity contribution in [3.63, 3.8) is 0 Å². The van der Waals surface area contributed by atoms with Crippen LogP contribution in [0.25, 0.3) is 0 Å². The molecule has 0 bridgehead atoms. The molecular formula is C16H25NO. The summed E-state index contributed by atoms with van der Waals surface area (Å²) >= 11 is 0. The standard InChI is InChI=1S/C16H25NO/c1-6-7-12(2)17-15(18)13-8-10-14(11-9-13)16(3,4)5/h8-12H,6-7H2,1-5H3,(H,17,18). The van der Waals surface area contributed by atoms with Gasteiger partial charge >= 0.3 is 0 Å². The molecule has 1 aromatic rings. The summed E-state index contributed by atoms with van der Waals surface area (Å²) in [6.07, 6.45) is 2.11. The fourth-order valence-corrected chi connectivity index (χ4v) is 1.93. The number of rotatable bonds is 4. The number of carbonyl (C=O) groups excluding carboxylic acids is 1. The van der Waals surface area contributed by atoms with Gasteiger partial charge in [-0.1, -0.05) is 46.2 Å². The molecule has 1 atom stereocenters. The molecule has 18 heavy (non-hydrogen) atoms. The van der Waals surface area contributed by atoms with Crippen molar-refractivity contribution in [1.29, 1.82) is 0 Å². The van der Waals surface area contributed by atoms with Gasteiger partial charge < -0.3 is 5.32 Å². The largest absolute Gasteiger partial charge is 0.350 e. The monoisotopic (exact) mass is 247 g/mol. The number of hydrogen-bond donors (Lipinski definition) is 1. The Morgan fingerprint density at radius 2 is 1.78 bits per heavy atom. The van der Waals surface area contributed by atoms with Gasteiger partial charge in [-0.3, -0.25) is 4.79 Å². The van der Waals surface area contributed by atoms with E-state index in [2.05, 4.69) is 33.0 Å². The number of amides is 1. The lowest BCUT2D eigenvalue weighted by atomic mass is 9.86. The van der Waals surface area contributed by atoms with Crippen molar-refractivity contribution in [2.75, 3.05) is 0 Å². The van der Waals surface area contributed by atoms with Crippen LogP contribution in [0.5, 0.6) is 0 Å². The minimum atomic E-state index is 0.0245. The van der Waals surface area contributed by atoms with Crippen LogP contribution in [0.3, 0.4) is 0 Å². The van der Waals surface area contributed by atoms with Gasteiger partial charge in [0, 0.05) is 11.6 Å². The van der Waals surface area contributed by atoms with E-state index in [0.717, 1.165) is 18.4 Å². The first-order valence-electron chi connectivity index (χ1n) is 6.76. The van der Waals surface area contributed by atoms with Crippen LogP contribution >= 0.6 is 0 Å². The average molecular weight is 247 g/mol. The lowest BCUT2D eigenvalue weighted by molar-refractivity contribution is 0.0938. The third-order valence-electron chi connectivity index (χ3n) is 3.11. The van der Waals surface area contributed by atoms with E-state index in [9.17, 15) is 4.79 Å². The van der Waals surface area contributed by atoms with Crippen LogP contribution in [-0.4, -0.2) is 11.9 Å². The minimum Gasteiger partial charge on any atom is -0.350 e. The first-order chi connectivity index (χ1) is 8.34. The Balaban J connectivity index is 2.71. The van der Waals surface area contributed by atoms with Gasteiger partial charge in [-0.05, 0) is 36.5 Å². The molecule has 0 aliphatic heterocycles. The Morgan fingerprint density at radius 3 is 2.22 bits per heavy atom. The van der Waals surface area contributed by atoms with Crippen LogP contribution in [0, 0.1) is 0 Å². The Bertz CT molecular complexity index is 387. The molecule has 0 saturated heterocycles. The molecule has 100 valence electrons. The number of nitrogens with one attached hydrogen (secondary N) is 1. The molecule has 0 aromatic heterocycles. The van der Waals surface area contributed by atoms with E-state index in [4.69, 9.17) is 0 Å². The summed E-state index contributed by atoms with van der Waals surface area (Å²) < 4.78 is 0. The fraction of sp³-hybridized carbons (Fsp3) is 0.562. The van der Waals surface area contributed by atoms with Crippen LogP contribution in [-0.2, 0) is 5.41 Å². The van der Waals surface area contributed by atoms with E-state index in [1.807, 2.05) is 31.2 Å². The molecule has 0 heterocycles. The van der Waals surface area contributed by atoms with Crippen LogP contribution < -0.4 is 5.32 Å². The van der Waals surface area contributed by atoms with Crippen molar-refractivity contribution in [2.45, 2.75) is 58.9 Å². The van der Waals surface area contributed by atoms with E-state index < -0.39 is 0 Å². The van der Waals surface area contributed by atoms with Gasteiger partial charge in [-0.2, -0.15) is 0 Å². The Kier molecular flexibility index (Phi) is 4.94. The highest BCUT2D eigenvalue weighted by molar-refractivity contribution is 5.94. The summed E-state index contributed by atoms with van der Waals surface area (Å²) in [4.78, 5) is 12.0. The number of hydrogen-bond acceptors (Lipinski definition) is 1. The van der Waals surface area contributed by atoms with Gasteiger partial charge in [0.05, 0.1) is 0 Å². The molecule has 2 heteroatoms. The summed E-state index contributed by atoms with van der Waals surface area (Å²) in [7, 11) is 0. The summed E-state index contributed by atoms with van der Waals surface area (Å²) in [6.45, 7) is 10.7. The van der Waals surface area contributed by atoms with E-state index in [0.29, 0.717) is 0 Å². The molecule has 0 saturated carbocycles. The maximum atomic E-state index is 12.0. The molecule has 0 spiro atoms. The van der Waals surface area contributed by atoms with Gasteiger partial charge in [0.2, 0.25) is 0 Å². The predicted molar refractivity (Wildman–Crippen MR) is 77.0 cm³/mol. The second kappa shape index (κ2) is 6.03. The molecule has 1 rings (SSSR count). The van der Waals surface area contributed by atoms with Crippen molar-refractivity contribution in [3.8, 4) is 0 Å². The van der Waals surface area contributed by atoms with Crippen LogP contribution in [0.2, 0.25) is 0 Å². The van der Waals surface area contributed by atoms with Crippen molar-refractivity contribution >= 4 is 5.91 Å². The molecule has 2 nitrogen and oxygen atoms in total. The molecule has 1 aromatic carbocycles. The summed E-state index contributed by atoms with van der Waals surface area (Å²) in [5.41, 5.74) is 2.12. The smallest absolute Gasteiger partial charge is 0.251 e. The molecule has 0 aliphatic carbocycles.